The third-order valence-corrected chi connectivity index (χ3v) is 4.73. The molecule has 0 spiro atoms. The van der Waals surface area contributed by atoms with Gasteiger partial charge in [0.1, 0.15) is 0 Å². The summed E-state index contributed by atoms with van der Waals surface area (Å²) in [6, 6.07) is 6.04. The summed E-state index contributed by atoms with van der Waals surface area (Å²) in [4.78, 5) is 12.7. The molecule has 1 aliphatic rings. The molecule has 1 amide bonds. The van der Waals surface area contributed by atoms with E-state index in [1.165, 1.54) is 5.56 Å². The van der Waals surface area contributed by atoms with E-state index in [-0.39, 0.29) is 11.4 Å². The molecule has 2 rings (SSSR count). The van der Waals surface area contributed by atoms with Crippen LogP contribution in [-0.4, -0.2) is 18.0 Å². The maximum Gasteiger partial charge on any atom is 0.253 e. The highest BCUT2D eigenvalue weighted by Gasteiger charge is 2.27. The third-order valence-electron chi connectivity index (χ3n) is 4.73. The van der Waals surface area contributed by atoms with Gasteiger partial charge in [0.2, 0.25) is 0 Å². The van der Waals surface area contributed by atoms with Crippen LogP contribution in [0.3, 0.4) is 0 Å². The van der Waals surface area contributed by atoms with E-state index in [0.29, 0.717) is 0 Å². The number of fused-ring (bicyclic) bond motifs is 1. The van der Waals surface area contributed by atoms with Gasteiger partial charge in [-0.15, -0.1) is 0 Å². The van der Waals surface area contributed by atoms with Crippen molar-refractivity contribution < 1.29 is 4.79 Å². The molecule has 2 N–H and O–H groups in total. The van der Waals surface area contributed by atoms with E-state index in [0.717, 1.165) is 49.9 Å². The van der Waals surface area contributed by atoms with Gasteiger partial charge in [-0.3, -0.25) is 4.79 Å². The zero-order valence-corrected chi connectivity index (χ0v) is 12.9. The van der Waals surface area contributed by atoms with Crippen LogP contribution in [0, 0.1) is 0 Å². The molecule has 0 bridgehead atoms. The molecule has 0 saturated carbocycles. The Kier molecular flexibility index (Phi) is 4.69. The second-order valence-corrected chi connectivity index (χ2v) is 5.67. The first kappa shape index (κ1) is 14.9. The number of carbonyl (C=O) groups is 1. The summed E-state index contributed by atoms with van der Waals surface area (Å²) in [5, 5.41) is 6.66. The highest BCUT2D eigenvalue weighted by atomic mass is 16.1. The Morgan fingerprint density at radius 2 is 1.95 bits per heavy atom. The highest BCUT2D eigenvalue weighted by Crippen LogP contribution is 2.27. The molecular weight excluding hydrogens is 248 g/mol. The number of aryl methyl sites for hydroxylation is 1. The van der Waals surface area contributed by atoms with Gasteiger partial charge in [0.05, 0.1) is 11.3 Å². The fraction of sp³-hybridized carbons (Fsp3) is 0.588. The number of nitrogens with one attached hydrogen (secondary N) is 2. The number of benzene rings is 1. The van der Waals surface area contributed by atoms with Crippen LogP contribution >= 0.6 is 0 Å². The van der Waals surface area contributed by atoms with Crippen LogP contribution in [0.1, 0.15) is 62.4 Å². The van der Waals surface area contributed by atoms with Gasteiger partial charge in [0.25, 0.3) is 5.91 Å². The topological polar surface area (TPSA) is 41.1 Å². The quantitative estimate of drug-likeness (QED) is 0.858. The molecular formula is C17H26N2O. The SMILES string of the molecule is CCC(CC)(CC)NC(=O)c1cccc2c1NCCC2. The molecule has 1 aromatic rings. The standard InChI is InChI=1S/C17H26N2O/c1-4-17(5-2,6-3)19-16(20)14-11-7-9-13-10-8-12-18-15(13)14/h7,9,11,18H,4-6,8,10,12H2,1-3H3,(H,19,20). The van der Waals surface area contributed by atoms with Crippen molar-refractivity contribution >= 4 is 11.6 Å². The van der Waals surface area contributed by atoms with Crippen molar-refractivity contribution in [3.8, 4) is 0 Å². The predicted octanol–water partition coefficient (Wildman–Crippen LogP) is 3.74. The molecule has 0 aliphatic carbocycles. The first-order valence-corrected chi connectivity index (χ1v) is 7.84. The van der Waals surface area contributed by atoms with Gasteiger partial charge in [-0.2, -0.15) is 0 Å². The van der Waals surface area contributed by atoms with Gasteiger partial charge >= 0.3 is 0 Å². The number of rotatable bonds is 5. The van der Waals surface area contributed by atoms with Crippen molar-refractivity contribution in [1.82, 2.24) is 5.32 Å². The number of anilines is 1. The Bertz CT molecular complexity index is 470. The molecule has 110 valence electrons. The summed E-state index contributed by atoms with van der Waals surface area (Å²) in [7, 11) is 0. The molecule has 0 saturated heterocycles. The van der Waals surface area contributed by atoms with Gasteiger partial charge in [-0.25, -0.2) is 0 Å². The lowest BCUT2D eigenvalue weighted by molar-refractivity contribution is 0.0889. The van der Waals surface area contributed by atoms with Gasteiger partial charge in [0.15, 0.2) is 0 Å². The van der Waals surface area contributed by atoms with E-state index in [4.69, 9.17) is 0 Å². The maximum absolute atomic E-state index is 12.7. The van der Waals surface area contributed by atoms with Crippen LogP contribution < -0.4 is 10.6 Å². The van der Waals surface area contributed by atoms with Crippen LogP contribution in [0.15, 0.2) is 18.2 Å². The molecule has 0 aromatic heterocycles. The van der Waals surface area contributed by atoms with Crippen LogP contribution in [-0.2, 0) is 6.42 Å². The molecule has 1 aliphatic heterocycles. The van der Waals surface area contributed by atoms with E-state index in [1.54, 1.807) is 0 Å². The van der Waals surface area contributed by atoms with Crippen molar-refractivity contribution in [3.05, 3.63) is 29.3 Å². The molecule has 0 radical (unpaired) electrons. The lowest BCUT2D eigenvalue weighted by Crippen LogP contribution is -2.47. The van der Waals surface area contributed by atoms with Crippen molar-refractivity contribution in [3.63, 3.8) is 0 Å². The van der Waals surface area contributed by atoms with Gasteiger partial charge in [0, 0.05) is 12.1 Å². The first-order valence-electron chi connectivity index (χ1n) is 7.84. The van der Waals surface area contributed by atoms with E-state index in [2.05, 4.69) is 37.5 Å². The minimum atomic E-state index is -0.0749. The lowest BCUT2D eigenvalue weighted by Gasteiger charge is -2.32. The number of amides is 1. The van der Waals surface area contributed by atoms with E-state index >= 15 is 0 Å². The number of hydrogen-bond acceptors (Lipinski definition) is 2. The molecule has 1 heterocycles. The van der Waals surface area contributed by atoms with Crippen molar-refractivity contribution in [2.45, 2.75) is 58.4 Å². The zero-order chi connectivity index (χ0) is 14.6. The van der Waals surface area contributed by atoms with E-state index < -0.39 is 0 Å². The predicted molar refractivity (Wildman–Crippen MR) is 84.3 cm³/mol. The van der Waals surface area contributed by atoms with Crippen molar-refractivity contribution in [2.24, 2.45) is 0 Å². The van der Waals surface area contributed by atoms with Crippen molar-refractivity contribution in [1.29, 1.82) is 0 Å². The average Bonchev–Trinajstić information content (AvgIpc) is 2.52. The lowest BCUT2D eigenvalue weighted by atomic mass is 9.89. The van der Waals surface area contributed by atoms with E-state index in [1.807, 2.05) is 12.1 Å². The van der Waals surface area contributed by atoms with Crippen LogP contribution in [0.25, 0.3) is 0 Å². The highest BCUT2D eigenvalue weighted by molar-refractivity contribution is 6.00. The summed E-state index contributed by atoms with van der Waals surface area (Å²) < 4.78 is 0. The third kappa shape index (κ3) is 2.82. The fourth-order valence-electron chi connectivity index (χ4n) is 3.02. The van der Waals surface area contributed by atoms with Gasteiger partial charge in [-0.05, 0) is 43.7 Å². The van der Waals surface area contributed by atoms with Crippen LogP contribution in [0.4, 0.5) is 5.69 Å². The summed E-state index contributed by atoms with van der Waals surface area (Å²) in [6.45, 7) is 7.39. The molecule has 3 nitrogen and oxygen atoms in total. The minimum Gasteiger partial charge on any atom is -0.384 e. The molecule has 0 fully saturated rings. The summed E-state index contributed by atoms with van der Waals surface area (Å²) in [5.41, 5.74) is 3.02. The summed E-state index contributed by atoms with van der Waals surface area (Å²) in [6.07, 6.45) is 5.10. The number of hydrogen-bond donors (Lipinski definition) is 2. The number of para-hydroxylation sites is 1. The largest absolute Gasteiger partial charge is 0.384 e. The molecule has 1 aromatic carbocycles. The van der Waals surface area contributed by atoms with Gasteiger partial charge < -0.3 is 10.6 Å². The second-order valence-electron chi connectivity index (χ2n) is 5.67. The summed E-state index contributed by atoms with van der Waals surface area (Å²) in [5.74, 6) is 0.0572. The van der Waals surface area contributed by atoms with Crippen LogP contribution in [0.5, 0.6) is 0 Å². The normalized spacial score (nSPS) is 14.3. The molecule has 0 atom stereocenters. The molecule has 0 unspecified atom stereocenters. The van der Waals surface area contributed by atoms with Crippen LogP contribution in [0.2, 0.25) is 0 Å². The van der Waals surface area contributed by atoms with Gasteiger partial charge in [-0.1, -0.05) is 32.9 Å². The molecule has 3 heteroatoms. The van der Waals surface area contributed by atoms with Crippen molar-refractivity contribution in [2.75, 3.05) is 11.9 Å². The Balaban J connectivity index is 2.25. The monoisotopic (exact) mass is 274 g/mol. The Morgan fingerprint density at radius 1 is 1.25 bits per heavy atom. The Morgan fingerprint density at radius 3 is 2.60 bits per heavy atom. The first-order chi connectivity index (χ1) is 9.65. The maximum atomic E-state index is 12.7. The minimum absolute atomic E-state index is 0.0572. The molecule has 20 heavy (non-hydrogen) atoms. The summed E-state index contributed by atoms with van der Waals surface area (Å²) >= 11 is 0. The Hall–Kier alpha value is -1.51. The average molecular weight is 274 g/mol. The van der Waals surface area contributed by atoms with E-state index in [9.17, 15) is 4.79 Å². The Labute approximate surface area is 122 Å². The second kappa shape index (κ2) is 6.29. The zero-order valence-electron chi connectivity index (χ0n) is 12.9. The number of carbonyl (C=O) groups excluding carboxylic acids is 1. The fourth-order valence-corrected chi connectivity index (χ4v) is 3.02. The smallest absolute Gasteiger partial charge is 0.253 e.